The minimum absolute atomic E-state index is 0.00160. The van der Waals surface area contributed by atoms with Gasteiger partial charge in [0.2, 0.25) is 5.91 Å². The maximum atomic E-state index is 12.8. The van der Waals surface area contributed by atoms with E-state index in [0.717, 1.165) is 50.8 Å². The van der Waals surface area contributed by atoms with E-state index in [1.54, 1.807) is 24.3 Å². The molecule has 0 aliphatic carbocycles. The van der Waals surface area contributed by atoms with Crippen LogP contribution < -0.4 is 9.47 Å². The van der Waals surface area contributed by atoms with Crippen molar-refractivity contribution in [2.24, 2.45) is 5.41 Å². The van der Waals surface area contributed by atoms with E-state index in [4.69, 9.17) is 21.1 Å². The Kier molecular flexibility index (Phi) is 9.13. The molecule has 194 valence electrons. The highest BCUT2D eigenvalue weighted by atomic mass is 35.5. The predicted molar refractivity (Wildman–Crippen MR) is 142 cm³/mol. The first kappa shape index (κ1) is 26.3. The summed E-state index contributed by atoms with van der Waals surface area (Å²) in [5.41, 5.74) is 1.28. The molecule has 2 aliphatic rings. The Morgan fingerprint density at radius 2 is 1.75 bits per heavy atom. The molecule has 1 fully saturated rings. The summed E-state index contributed by atoms with van der Waals surface area (Å²) >= 11 is 5.92. The van der Waals surface area contributed by atoms with Gasteiger partial charge in [-0.05, 0) is 79.8 Å². The van der Waals surface area contributed by atoms with Crippen molar-refractivity contribution < 1.29 is 19.1 Å². The van der Waals surface area contributed by atoms with Gasteiger partial charge in [-0.2, -0.15) is 0 Å². The smallest absolute Gasteiger partial charge is 0.260 e. The van der Waals surface area contributed by atoms with Gasteiger partial charge in [-0.25, -0.2) is 0 Å². The lowest BCUT2D eigenvalue weighted by atomic mass is 9.73. The van der Waals surface area contributed by atoms with Gasteiger partial charge in [-0.3, -0.25) is 9.59 Å². The molecule has 2 aromatic rings. The number of piperidine rings is 1. The van der Waals surface area contributed by atoms with Crippen molar-refractivity contribution >= 4 is 23.4 Å². The molecule has 0 saturated carbocycles. The standard InChI is InChI=1S/C29H37ClN2O4/c1-31-22-29(15-5-4-8-23-7-2-3-9-26(23)35-20-6-10-27(31)33)16-18-32(19-17-29)28(34)21-36-25-13-11-24(30)12-14-25/h2-3,7,9,11-14H,4-6,8,10,15-22H2,1H3. The average molecular weight is 513 g/mol. The third-order valence-electron chi connectivity index (χ3n) is 7.52. The van der Waals surface area contributed by atoms with Crippen LogP contribution in [0.1, 0.15) is 50.5 Å². The lowest BCUT2D eigenvalue weighted by Crippen LogP contribution is -2.49. The number of hydrogen-bond acceptors (Lipinski definition) is 4. The fourth-order valence-electron chi connectivity index (χ4n) is 5.34. The fourth-order valence-corrected chi connectivity index (χ4v) is 5.47. The highest BCUT2D eigenvalue weighted by molar-refractivity contribution is 6.30. The van der Waals surface area contributed by atoms with Gasteiger partial charge in [0, 0.05) is 38.1 Å². The van der Waals surface area contributed by atoms with Crippen molar-refractivity contribution in [3.05, 3.63) is 59.1 Å². The number of carbonyl (C=O) groups is 2. The Morgan fingerprint density at radius 3 is 2.53 bits per heavy atom. The maximum Gasteiger partial charge on any atom is 0.260 e. The van der Waals surface area contributed by atoms with Crippen LogP contribution >= 0.6 is 11.6 Å². The van der Waals surface area contributed by atoms with Gasteiger partial charge in [0.15, 0.2) is 6.61 Å². The molecule has 2 heterocycles. The number of aryl methyl sites for hydroxylation is 1. The van der Waals surface area contributed by atoms with E-state index in [1.165, 1.54) is 5.56 Å². The average Bonchev–Trinajstić information content (AvgIpc) is 2.89. The molecule has 1 saturated heterocycles. The largest absolute Gasteiger partial charge is 0.493 e. The molecule has 0 bridgehead atoms. The Labute approximate surface area is 219 Å². The molecule has 0 radical (unpaired) electrons. The van der Waals surface area contributed by atoms with Crippen LogP contribution in [0.3, 0.4) is 0 Å². The van der Waals surface area contributed by atoms with Gasteiger partial charge in [0.25, 0.3) is 5.91 Å². The number of hydrogen-bond donors (Lipinski definition) is 0. The van der Waals surface area contributed by atoms with Crippen LogP contribution in [-0.2, 0) is 16.0 Å². The van der Waals surface area contributed by atoms with Crippen LogP contribution in [-0.4, -0.2) is 61.5 Å². The van der Waals surface area contributed by atoms with E-state index >= 15 is 0 Å². The maximum absolute atomic E-state index is 12.8. The Morgan fingerprint density at radius 1 is 1.00 bits per heavy atom. The fraction of sp³-hybridized carbons (Fsp3) is 0.517. The molecule has 1 spiro atoms. The van der Waals surface area contributed by atoms with E-state index < -0.39 is 0 Å². The van der Waals surface area contributed by atoms with E-state index in [9.17, 15) is 9.59 Å². The number of benzene rings is 2. The quantitative estimate of drug-likeness (QED) is 0.554. The van der Waals surface area contributed by atoms with Gasteiger partial charge in [-0.1, -0.05) is 36.2 Å². The van der Waals surface area contributed by atoms with Crippen molar-refractivity contribution in [3.8, 4) is 11.5 Å². The number of ether oxygens (including phenoxy) is 2. The van der Waals surface area contributed by atoms with Gasteiger partial charge < -0.3 is 19.3 Å². The van der Waals surface area contributed by atoms with Gasteiger partial charge in [0.05, 0.1) is 6.61 Å². The van der Waals surface area contributed by atoms with Crippen LogP contribution in [0.4, 0.5) is 0 Å². The lowest BCUT2D eigenvalue weighted by molar-refractivity contribution is -0.138. The molecule has 7 heteroatoms. The molecule has 6 nitrogen and oxygen atoms in total. The second-order valence-corrected chi connectivity index (χ2v) is 10.6. The van der Waals surface area contributed by atoms with E-state index in [2.05, 4.69) is 12.1 Å². The van der Waals surface area contributed by atoms with Crippen LogP contribution in [0.15, 0.2) is 48.5 Å². The summed E-state index contributed by atoms with van der Waals surface area (Å²) in [6.45, 7) is 2.71. The second-order valence-electron chi connectivity index (χ2n) is 10.1. The number of para-hydroxylation sites is 1. The third-order valence-corrected chi connectivity index (χ3v) is 7.77. The number of carbonyl (C=O) groups excluding carboxylic acids is 2. The van der Waals surface area contributed by atoms with Crippen molar-refractivity contribution in [2.45, 2.75) is 51.4 Å². The van der Waals surface area contributed by atoms with Gasteiger partial charge >= 0.3 is 0 Å². The molecule has 2 aromatic carbocycles. The summed E-state index contributed by atoms with van der Waals surface area (Å²) in [6, 6.07) is 15.3. The molecular formula is C29H37ClN2O4. The van der Waals surface area contributed by atoms with E-state index in [-0.39, 0.29) is 23.8 Å². The molecule has 4 rings (SSSR count). The molecule has 36 heavy (non-hydrogen) atoms. The van der Waals surface area contributed by atoms with Crippen molar-refractivity contribution in [3.63, 3.8) is 0 Å². The summed E-state index contributed by atoms with van der Waals surface area (Å²) in [5, 5.41) is 0.638. The molecular weight excluding hydrogens is 476 g/mol. The number of nitrogens with zero attached hydrogens (tertiary/aromatic N) is 2. The number of likely N-dealkylation sites (tertiary alicyclic amines) is 1. The molecule has 0 N–H and O–H groups in total. The van der Waals surface area contributed by atoms with Gasteiger partial charge in [0.1, 0.15) is 11.5 Å². The minimum atomic E-state index is 0.00160. The normalized spacial score (nSPS) is 19.2. The third kappa shape index (κ3) is 7.16. The second kappa shape index (κ2) is 12.5. The Bertz CT molecular complexity index is 1020. The van der Waals surface area contributed by atoms with Crippen LogP contribution in [0, 0.1) is 5.41 Å². The summed E-state index contributed by atoms with van der Waals surface area (Å²) in [5.74, 6) is 1.75. The topological polar surface area (TPSA) is 59.1 Å². The predicted octanol–water partition coefficient (Wildman–Crippen LogP) is 5.37. The van der Waals surface area contributed by atoms with Crippen molar-refractivity contribution in [2.75, 3.05) is 39.9 Å². The number of fused-ring (bicyclic) bond motifs is 1. The molecule has 2 aliphatic heterocycles. The summed E-state index contributed by atoms with van der Waals surface area (Å²) < 4.78 is 11.7. The Balaban J connectivity index is 1.36. The van der Waals surface area contributed by atoms with E-state index in [0.29, 0.717) is 43.3 Å². The van der Waals surface area contributed by atoms with Crippen molar-refractivity contribution in [1.82, 2.24) is 9.80 Å². The lowest BCUT2D eigenvalue weighted by Gasteiger charge is -2.44. The zero-order valence-corrected chi connectivity index (χ0v) is 22.0. The zero-order valence-electron chi connectivity index (χ0n) is 21.2. The summed E-state index contributed by atoms with van der Waals surface area (Å²) in [7, 11) is 1.92. The first-order valence-electron chi connectivity index (χ1n) is 13.0. The Hall–Kier alpha value is -2.73. The number of rotatable bonds is 3. The first-order chi connectivity index (χ1) is 17.4. The molecule has 0 aromatic heterocycles. The number of halogens is 1. The monoisotopic (exact) mass is 512 g/mol. The summed E-state index contributed by atoms with van der Waals surface area (Å²) in [6.07, 6.45) is 7.21. The SMILES string of the molecule is CN1CC2(CCCCc3ccccc3OCCCC1=O)CCN(C(=O)COc1ccc(Cl)cc1)CC2. The minimum Gasteiger partial charge on any atom is -0.493 e. The highest BCUT2D eigenvalue weighted by Crippen LogP contribution is 2.38. The zero-order chi connectivity index (χ0) is 25.4. The van der Waals surface area contributed by atoms with Gasteiger partial charge in [-0.15, -0.1) is 0 Å². The van der Waals surface area contributed by atoms with Crippen LogP contribution in [0.2, 0.25) is 5.02 Å². The summed E-state index contributed by atoms with van der Waals surface area (Å²) in [4.78, 5) is 29.5. The molecule has 2 amide bonds. The van der Waals surface area contributed by atoms with Crippen LogP contribution in [0.25, 0.3) is 0 Å². The molecule has 0 unspecified atom stereocenters. The molecule has 0 atom stereocenters. The highest BCUT2D eigenvalue weighted by Gasteiger charge is 2.37. The number of amides is 2. The first-order valence-corrected chi connectivity index (χ1v) is 13.4. The van der Waals surface area contributed by atoms with Crippen LogP contribution in [0.5, 0.6) is 11.5 Å². The van der Waals surface area contributed by atoms with E-state index in [1.807, 2.05) is 29.0 Å². The van der Waals surface area contributed by atoms with Crippen molar-refractivity contribution in [1.29, 1.82) is 0 Å².